The molecule has 4 nitrogen and oxygen atoms in total. The van der Waals surface area contributed by atoms with E-state index in [0.29, 0.717) is 17.8 Å². The minimum absolute atomic E-state index is 0.0688. The van der Waals surface area contributed by atoms with E-state index in [0.717, 1.165) is 32.4 Å². The molecule has 0 unspecified atom stereocenters. The molecule has 0 saturated heterocycles. The van der Waals surface area contributed by atoms with Gasteiger partial charge in [-0.2, -0.15) is 0 Å². The number of aliphatic carboxylic acids is 1. The van der Waals surface area contributed by atoms with E-state index in [1.165, 1.54) is 28.4 Å². The molecule has 1 heterocycles. The first-order valence-corrected chi connectivity index (χ1v) is 11.2. The standard InChI is InChI=1S/C27H29FN2O2/c28-25-18-23(13-11-21(25)12-14-27(31)32)29-19-22-8-4-10-26-24(22)9-5-16-30(26)17-15-20-6-2-1-3-7-20/h1-4,6-8,10-11,13,18,29H,5,9,12,14-17,19H2,(H,31,32). The molecule has 0 aliphatic carbocycles. The Morgan fingerprint density at radius 1 is 1.00 bits per heavy atom. The van der Waals surface area contributed by atoms with Gasteiger partial charge in [0.1, 0.15) is 5.82 Å². The van der Waals surface area contributed by atoms with Crippen LogP contribution < -0.4 is 10.2 Å². The minimum Gasteiger partial charge on any atom is -0.481 e. The van der Waals surface area contributed by atoms with Gasteiger partial charge in [-0.05, 0) is 66.1 Å². The van der Waals surface area contributed by atoms with Crippen molar-refractivity contribution in [3.63, 3.8) is 0 Å². The molecule has 1 aliphatic heterocycles. The summed E-state index contributed by atoms with van der Waals surface area (Å²) >= 11 is 0. The summed E-state index contributed by atoms with van der Waals surface area (Å²) < 4.78 is 14.3. The summed E-state index contributed by atoms with van der Waals surface area (Å²) in [5.74, 6) is -1.28. The summed E-state index contributed by atoms with van der Waals surface area (Å²) in [5.41, 5.74) is 6.41. The number of aryl methyl sites for hydroxylation is 1. The monoisotopic (exact) mass is 432 g/mol. The minimum atomic E-state index is -0.918. The number of carboxylic acids is 1. The summed E-state index contributed by atoms with van der Waals surface area (Å²) in [4.78, 5) is 13.2. The number of hydrogen-bond donors (Lipinski definition) is 2. The molecule has 1 aliphatic rings. The molecule has 3 aromatic carbocycles. The van der Waals surface area contributed by atoms with Crippen LogP contribution in [0, 0.1) is 5.82 Å². The average Bonchev–Trinajstić information content (AvgIpc) is 2.81. The maximum absolute atomic E-state index is 14.3. The summed E-state index contributed by atoms with van der Waals surface area (Å²) in [6.45, 7) is 2.69. The van der Waals surface area contributed by atoms with Gasteiger partial charge in [0.15, 0.2) is 0 Å². The van der Waals surface area contributed by atoms with Gasteiger partial charge >= 0.3 is 5.97 Å². The molecule has 5 heteroatoms. The second-order valence-electron chi connectivity index (χ2n) is 8.29. The molecule has 4 rings (SSSR count). The third-order valence-electron chi connectivity index (χ3n) is 6.10. The predicted molar refractivity (Wildman–Crippen MR) is 127 cm³/mol. The molecule has 0 atom stereocenters. The lowest BCUT2D eigenvalue weighted by Gasteiger charge is -2.33. The van der Waals surface area contributed by atoms with Crippen molar-refractivity contribution in [1.29, 1.82) is 0 Å². The molecule has 0 saturated carbocycles. The van der Waals surface area contributed by atoms with Crippen LogP contribution in [0.15, 0.2) is 66.7 Å². The molecular formula is C27H29FN2O2. The predicted octanol–water partition coefficient (Wildman–Crippen LogP) is 5.45. The van der Waals surface area contributed by atoms with Crippen molar-refractivity contribution in [2.75, 3.05) is 23.3 Å². The zero-order valence-electron chi connectivity index (χ0n) is 18.2. The highest BCUT2D eigenvalue weighted by atomic mass is 19.1. The SMILES string of the molecule is O=C(O)CCc1ccc(NCc2cccc3c2CCCN3CCc2ccccc2)cc1F. The van der Waals surface area contributed by atoms with Crippen LogP contribution in [-0.2, 0) is 30.6 Å². The average molecular weight is 433 g/mol. The van der Waals surface area contributed by atoms with Gasteiger partial charge in [-0.1, -0.05) is 48.5 Å². The number of fused-ring (bicyclic) bond motifs is 1. The van der Waals surface area contributed by atoms with E-state index < -0.39 is 5.97 Å². The second-order valence-corrected chi connectivity index (χ2v) is 8.29. The Bertz CT molecular complexity index is 1070. The first-order chi connectivity index (χ1) is 15.6. The van der Waals surface area contributed by atoms with Crippen LogP contribution in [0.25, 0.3) is 0 Å². The molecule has 3 aromatic rings. The lowest BCUT2D eigenvalue weighted by Crippen LogP contribution is -2.32. The number of nitrogens with zero attached hydrogens (tertiary/aromatic N) is 1. The van der Waals surface area contributed by atoms with Crippen molar-refractivity contribution in [3.8, 4) is 0 Å². The van der Waals surface area contributed by atoms with Gasteiger partial charge in [0.2, 0.25) is 0 Å². The van der Waals surface area contributed by atoms with Gasteiger partial charge < -0.3 is 15.3 Å². The van der Waals surface area contributed by atoms with E-state index in [2.05, 4.69) is 58.7 Å². The number of hydrogen-bond acceptors (Lipinski definition) is 3. The highest BCUT2D eigenvalue weighted by Gasteiger charge is 2.19. The van der Waals surface area contributed by atoms with Gasteiger partial charge in [0.25, 0.3) is 0 Å². The van der Waals surface area contributed by atoms with Gasteiger partial charge in [-0.15, -0.1) is 0 Å². The smallest absolute Gasteiger partial charge is 0.303 e. The van der Waals surface area contributed by atoms with Gasteiger partial charge in [-0.3, -0.25) is 4.79 Å². The van der Waals surface area contributed by atoms with Crippen LogP contribution >= 0.6 is 0 Å². The second kappa shape index (κ2) is 10.3. The number of anilines is 2. The molecular weight excluding hydrogens is 403 g/mol. The van der Waals surface area contributed by atoms with E-state index in [-0.39, 0.29) is 18.7 Å². The zero-order valence-corrected chi connectivity index (χ0v) is 18.2. The molecule has 0 bridgehead atoms. The van der Waals surface area contributed by atoms with E-state index in [1.54, 1.807) is 6.07 Å². The zero-order chi connectivity index (χ0) is 22.3. The van der Waals surface area contributed by atoms with Crippen LogP contribution in [0.2, 0.25) is 0 Å². The highest BCUT2D eigenvalue weighted by Crippen LogP contribution is 2.30. The van der Waals surface area contributed by atoms with E-state index in [1.807, 2.05) is 6.07 Å². The molecule has 0 amide bonds. The molecule has 32 heavy (non-hydrogen) atoms. The fourth-order valence-corrected chi connectivity index (χ4v) is 4.38. The summed E-state index contributed by atoms with van der Waals surface area (Å²) in [6, 6.07) is 22.0. The summed E-state index contributed by atoms with van der Waals surface area (Å²) in [6.07, 6.45) is 3.34. The number of halogens is 1. The van der Waals surface area contributed by atoms with Gasteiger partial charge in [0, 0.05) is 37.4 Å². The lowest BCUT2D eigenvalue weighted by molar-refractivity contribution is -0.136. The Morgan fingerprint density at radius 3 is 2.62 bits per heavy atom. The van der Waals surface area contributed by atoms with Crippen molar-refractivity contribution in [3.05, 3.63) is 94.8 Å². The largest absolute Gasteiger partial charge is 0.481 e. The topological polar surface area (TPSA) is 52.6 Å². The van der Waals surface area contributed by atoms with Crippen LogP contribution in [0.3, 0.4) is 0 Å². The van der Waals surface area contributed by atoms with E-state index in [9.17, 15) is 9.18 Å². The Kier molecular flexibility index (Phi) is 7.05. The van der Waals surface area contributed by atoms with Crippen molar-refractivity contribution in [2.45, 2.75) is 38.6 Å². The Labute approximate surface area is 188 Å². The summed E-state index contributed by atoms with van der Waals surface area (Å²) in [5, 5.41) is 12.1. The van der Waals surface area contributed by atoms with Gasteiger partial charge in [0.05, 0.1) is 0 Å². The Morgan fingerprint density at radius 2 is 1.84 bits per heavy atom. The lowest BCUT2D eigenvalue weighted by atomic mass is 9.95. The first kappa shape index (κ1) is 21.9. The van der Waals surface area contributed by atoms with E-state index >= 15 is 0 Å². The van der Waals surface area contributed by atoms with Crippen LogP contribution in [0.1, 0.15) is 35.1 Å². The van der Waals surface area contributed by atoms with Crippen LogP contribution in [-0.4, -0.2) is 24.2 Å². The first-order valence-electron chi connectivity index (χ1n) is 11.2. The third kappa shape index (κ3) is 5.47. The fraction of sp³-hybridized carbons (Fsp3) is 0.296. The molecule has 0 radical (unpaired) electrons. The van der Waals surface area contributed by atoms with Crippen LogP contribution in [0.5, 0.6) is 0 Å². The van der Waals surface area contributed by atoms with Crippen molar-refractivity contribution in [1.82, 2.24) is 0 Å². The molecule has 166 valence electrons. The third-order valence-corrected chi connectivity index (χ3v) is 6.10. The Hall–Kier alpha value is -3.34. The maximum Gasteiger partial charge on any atom is 0.303 e. The number of nitrogens with one attached hydrogen (secondary N) is 1. The fourth-order valence-electron chi connectivity index (χ4n) is 4.38. The van der Waals surface area contributed by atoms with Crippen molar-refractivity contribution >= 4 is 17.3 Å². The van der Waals surface area contributed by atoms with Gasteiger partial charge in [-0.25, -0.2) is 4.39 Å². The number of carboxylic acid groups (broad SMARTS) is 1. The number of carbonyl (C=O) groups is 1. The number of benzene rings is 3. The highest BCUT2D eigenvalue weighted by molar-refractivity contribution is 5.67. The quantitative estimate of drug-likeness (QED) is 0.472. The molecule has 0 spiro atoms. The number of rotatable bonds is 9. The molecule has 0 aromatic heterocycles. The molecule has 0 fully saturated rings. The summed E-state index contributed by atoms with van der Waals surface area (Å²) in [7, 11) is 0. The van der Waals surface area contributed by atoms with Crippen molar-refractivity contribution in [2.24, 2.45) is 0 Å². The van der Waals surface area contributed by atoms with Crippen LogP contribution in [0.4, 0.5) is 15.8 Å². The normalized spacial score (nSPS) is 13.0. The Balaban J connectivity index is 1.42. The molecule has 2 N–H and O–H groups in total. The van der Waals surface area contributed by atoms with E-state index in [4.69, 9.17) is 5.11 Å². The van der Waals surface area contributed by atoms with Crippen molar-refractivity contribution < 1.29 is 14.3 Å². The maximum atomic E-state index is 14.3.